The van der Waals surface area contributed by atoms with Crippen molar-refractivity contribution >= 4 is 6.21 Å². The van der Waals surface area contributed by atoms with E-state index in [9.17, 15) is 8.78 Å². The van der Waals surface area contributed by atoms with Crippen LogP contribution in [0.3, 0.4) is 0 Å². The minimum atomic E-state index is -0.341. The first-order valence-corrected chi connectivity index (χ1v) is 8.06. The summed E-state index contributed by atoms with van der Waals surface area (Å²) in [5.41, 5.74) is 2.79. The number of hydrogen-bond donors (Lipinski definition) is 0. The first-order chi connectivity index (χ1) is 11.7. The first kappa shape index (κ1) is 16.5. The maximum atomic E-state index is 13.2. The summed E-state index contributed by atoms with van der Waals surface area (Å²) in [6.45, 7) is 0.548. The molecule has 2 aromatic carbocycles. The van der Waals surface area contributed by atoms with Crippen LogP contribution >= 0.6 is 0 Å². The van der Waals surface area contributed by atoms with Gasteiger partial charge in [0.15, 0.2) is 0 Å². The van der Waals surface area contributed by atoms with E-state index in [0.29, 0.717) is 6.61 Å². The zero-order chi connectivity index (χ0) is 16.8. The van der Waals surface area contributed by atoms with E-state index < -0.39 is 0 Å². The number of nitrogens with zero attached hydrogens (tertiary/aromatic N) is 1. The average molecular weight is 327 g/mol. The Morgan fingerprint density at radius 1 is 0.917 bits per heavy atom. The van der Waals surface area contributed by atoms with Crippen LogP contribution in [0.2, 0.25) is 0 Å². The van der Waals surface area contributed by atoms with E-state index in [4.69, 9.17) is 4.74 Å². The summed E-state index contributed by atoms with van der Waals surface area (Å²) in [5.74, 6) is -0.578. The van der Waals surface area contributed by atoms with Gasteiger partial charge in [0.05, 0.1) is 0 Å². The van der Waals surface area contributed by atoms with Gasteiger partial charge in [-0.2, -0.15) is 0 Å². The number of ether oxygens (including phenoxy) is 1. The van der Waals surface area contributed by atoms with Gasteiger partial charge < -0.3 is 4.74 Å². The van der Waals surface area contributed by atoms with Crippen LogP contribution in [-0.4, -0.2) is 12.8 Å². The summed E-state index contributed by atoms with van der Waals surface area (Å²) >= 11 is 0. The highest BCUT2D eigenvalue weighted by Gasteiger charge is 2.15. The zero-order valence-corrected chi connectivity index (χ0v) is 13.3. The first-order valence-electron chi connectivity index (χ1n) is 8.06. The lowest BCUT2D eigenvalue weighted by molar-refractivity contribution is 0.0782. The highest BCUT2D eigenvalue weighted by atomic mass is 19.1. The minimum Gasteiger partial charge on any atom is -0.369 e. The molecule has 0 saturated carbocycles. The molecule has 0 fully saturated rings. The second-order valence-corrected chi connectivity index (χ2v) is 5.70. The summed E-state index contributed by atoms with van der Waals surface area (Å²) < 4.78 is 32.4. The number of halogens is 2. The SMILES string of the molecule is Fc1ccc(C(OCCCC2=CCC=N2)c2ccc(F)cc2)cc1. The molecule has 24 heavy (non-hydrogen) atoms. The lowest BCUT2D eigenvalue weighted by Gasteiger charge is -2.19. The Kier molecular flexibility index (Phi) is 5.49. The molecule has 1 heterocycles. The van der Waals surface area contributed by atoms with E-state index in [1.54, 1.807) is 24.3 Å². The third-order valence-corrected chi connectivity index (χ3v) is 3.92. The van der Waals surface area contributed by atoms with Crippen LogP contribution < -0.4 is 0 Å². The predicted octanol–water partition coefficient (Wildman–Crippen LogP) is 5.21. The Hall–Kier alpha value is -2.33. The Morgan fingerprint density at radius 3 is 2.00 bits per heavy atom. The van der Waals surface area contributed by atoms with E-state index >= 15 is 0 Å². The van der Waals surface area contributed by atoms with Crippen molar-refractivity contribution in [3.05, 3.63) is 83.1 Å². The van der Waals surface area contributed by atoms with Gasteiger partial charge in [0.25, 0.3) is 0 Å². The summed E-state index contributed by atoms with van der Waals surface area (Å²) in [7, 11) is 0. The summed E-state index contributed by atoms with van der Waals surface area (Å²) in [6, 6.07) is 12.4. The van der Waals surface area contributed by atoms with Crippen molar-refractivity contribution in [3.63, 3.8) is 0 Å². The molecule has 0 bridgehead atoms. The van der Waals surface area contributed by atoms with Gasteiger partial charge in [-0.25, -0.2) is 8.78 Å². The molecular weight excluding hydrogens is 308 g/mol. The van der Waals surface area contributed by atoms with Crippen LogP contribution in [-0.2, 0) is 4.74 Å². The van der Waals surface area contributed by atoms with E-state index in [0.717, 1.165) is 36.1 Å². The largest absolute Gasteiger partial charge is 0.369 e. The van der Waals surface area contributed by atoms with Crippen molar-refractivity contribution in [2.45, 2.75) is 25.4 Å². The number of aliphatic imine (C=N–C) groups is 1. The predicted molar refractivity (Wildman–Crippen MR) is 91.0 cm³/mol. The minimum absolute atomic E-state index is 0.289. The van der Waals surface area contributed by atoms with Crippen LogP contribution in [0, 0.1) is 11.6 Å². The topological polar surface area (TPSA) is 21.6 Å². The van der Waals surface area contributed by atoms with Crippen LogP contribution in [0.5, 0.6) is 0 Å². The second kappa shape index (κ2) is 7.97. The molecule has 0 atom stereocenters. The fourth-order valence-corrected chi connectivity index (χ4v) is 2.69. The van der Waals surface area contributed by atoms with Gasteiger partial charge in [-0.3, -0.25) is 4.99 Å². The molecule has 2 aromatic rings. The molecule has 1 aliphatic rings. The second-order valence-electron chi connectivity index (χ2n) is 5.70. The summed E-state index contributed by atoms with van der Waals surface area (Å²) in [4.78, 5) is 4.29. The zero-order valence-electron chi connectivity index (χ0n) is 13.3. The molecule has 0 spiro atoms. The number of allylic oxidation sites excluding steroid dienone is 2. The summed E-state index contributed by atoms with van der Waals surface area (Å²) in [6.07, 6.45) is 6.29. The van der Waals surface area contributed by atoms with Crippen molar-refractivity contribution in [1.29, 1.82) is 0 Å². The Bertz CT molecular complexity index is 675. The third-order valence-electron chi connectivity index (χ3n) is 3.92. The normalized spacial score (nSPS) is 13.5. The molecule has 0 amide bonds. The lowest BCUT2D eigenvalue weighted by Crippen LogP contribution is -2.08. The maximum absolute atomic E-state index is 13.2. The molecule has 3 rings (SSSR count). The van der Waals surface area contributed by atoms with Crippen LogP contribution in [0.15, 0.2) is 65.3 Å². The highest BCUT2D eigenvalue weighted by molar-refractivity contribution is 5.64. The standard InChI is InChI=1S/C20H19F2NO/c21-17-9-5-15(6-10-17)20(16-7-11-18(22)12-8-16)24-14-2-4-19-3-1-13-23-19/h3,5-13,20H,1-2,4,14H2. The number of hydrogen-bond acceptors (Lipinski definition) is 2. The fourth-order valence-electron chi connectivity index (χ4n) is 2.69. The Balaban J connectivity index is 1.68. The van der Waals surface area contributed by atoms with E-state index in [1.807, 2.05) is 6.21 Å². The maximum Gasteiger partial charge on any atom is 0.123 e. The average Bonchev–Trinajstić information content (AvgIpc) is 3.11. The van der Waals surface area contributed by atoms with Gasteiger partial charge in [0.1, 0.15) is 17.7 Å². The molecule has 1 aliphatic heterocycles. The molecule has 0 N–H and O–H groups in total. The number of benzene rings is 2. The van der Waals surface area contributed by atoms with Crippen molar-refractivity contribution in [2.75, 3.05) is 6.61 Å². The van der Waals surface area contributed by atoms with Gasteiger partial charge in [-0.1, -0.05) is 30.3 Å². The van der Waals surface area contributed by atoms with Gasteiger partial charge in [0.2, 0.25) is 0 Å². The van der Waals surface area contributed by atoms with Crippen molar-refractivity contribution in [2.24, 2.45) is 4.99 Å². The molecule has 0 unspecified atom stereocenters. The molecule has 2 nitrogen and oxygen atoms in total. The molecule has 124 valence electrons. The quantitative estimate of drug-likeness (QED) is 0.640. The van der Waals surface area contributed by atoms with Crippen LogP contribution in [0.4, 0.5) is 8.78 Å². The Labute approximate surface area is 140 Å². The molecule has 0 saturated heterocycles. The third kappa shape index (κ3) is 4.36. The lowest BCUT2D eigenvalue weighted by atomic mass is 10.0. The number of rotatable bonds is 7. The van der Waals surface area contributed by atoms with Gasteiger partial charge >= 0.3 is 0 Å². The van der Waals surface area contributed by atoms with Crippen LogP contribution in [0.25, 0.3) is 0 Å². The van der Waals surface area contributed by atoms with E-state index in [2.05, 4.69) is 11.1 Å². The van der Waals surface area contributed by atoms with E-state index in [-0.39, 0.29) is 17.7 Å². The van der Waals surface area contributed by atoms with Gasteiger partial charge in [-0.15, -0.1) is 0 Å². The Morgan fingerprint density at radius 2 is 1.50 bits per heavy atom. The monoisotopic (exact) mass is 327 g/mol. The van der Waals surface area contributed by atoms with Crippen LogP contribution in [0.1, 0.15) is 36.5 Å². The molecule has 0 radical (unpaired) electrons. The fraction of sp³-hybridized carbons (Fsp3) is 0.250. The summed E-state index contributed by atoms with van der Waals surface area (Å²) in [5, 5.41) is 0. The van der Waals surface area contributed by atoms with Crippen molar-refractivity contribution < 1.29 is 13.5 Å². The van der Waals surface area contributed by atoms with Crippen molar-refractivity contribution in [3.8, 4) is 0 Å². The molecular formula is C20H19F2NO. The van der Waals surface area contributed by atoms with Gasteiger partial charge in [0, 0.05) is 24.9 Å². The van der Waals surface area contributed by atoms with Crippen molar-refractivity contribution in [1.82, 2.24) is 0 Å². The molecule has 0 aromatic heterocycles. The van der Waals surface area contributed by atoms with Gasteiger partial charge in [-0.05, 0) is 48.2 Å². The van der Waals surface area contributed by atoms with E-state index in [1.165, 1.54) is 24.3 Å². The molecule has 0 aliphatic carbocycles. The highest BCUT2D eigenvalue weighted by Crippen LogP contribution is 2.27. The smallest absolute Gasteiger partial charge is 0.123 e. The molecule has 4 heteroatoms.